The number of benzene rings is 1. The predicted octanol–water partition coefficient (Wildman–Crippen LogP) is 4.87. The number of halogens is 2. The maximum atomic E-state index is 10.3. The van der Waals surface area contributed by atoms with E-state index in [2.05, 4.69) is 0 Å². The van der Waals surface area contributed by atoms with Crippen LogP contribution in [0.1, 0.15) is 44.1 Å². The van der Waals surface area contributed by atoms with E-state index in [0.717, 1.165) is 18.4 Å². The van der Waals surface area contributed by atoms with Gasteiger partial charge in [-0.1, -0.05) is 55.0 Å². The zero-order chi connectivity index (χ0) is 13.0. The highest BCUT2D eigenvalue weighted by Crippen LogP contribution is 2.28. The van der Waals surface area contributed by atoms with Crippen LogP contribution < -0.4 is 0 Å². The van der Waals surface area contributed by atoms with Crippen molar-refractivity contribution in [3.05, 3.63) is 33.8 Å². The van der Waals surface area contributed by atoms with Gasteiger partial charge in [0.1, 0.15) is 0 Å². The van der Waals surface area contributed by atoms with E-state index in [1.165, 1.54) is 25.7 Å². The summed E-state index contributed by atoms with van der Waals surface area (Å²) in [4.78, 5) is 0. The van der Waals surface area contributed by atoms with E-state index >= 15 is 0 Å². The van der Waals surface area contributed by atoms with Crippen molar-refractivity contribution in [2.24, 2.45) is 5.92 Å². The third-order valence-corrected chi connectivity index (χ3v) is 4.61. The SMILES string of the molecule is OC(Cc1ccc(Cl)c(Cl)c1)C1CCCCCC1. The summed E-state index contributed by atoms with van der Waals surface area (Å²) in [6.07, 6.45) is 7.88. The first-order valence-electron chi connectivity index (χ1n) is 6.79. The lowest BCUT2D eigenvalue weighted by Crippen LogP contribution is -2.22. The highest BCUT2D eigenvalue weighted by molar-refractivity contribution is 6.42. The van der Waals surface area contributed by atoms with Crippen LogP contribution in [0.5, 0.6) is 0 Å². The minimum atomic E-state index is -0.250. The van der Waals surface area contributed by atoms with Crippen LogP contribution in [0.3, 0.4) is 0 Å². The Kier molecular flexibility index (Phi) is 5.35. The van der Waals surface area contributed by atoms with E-state index in [0.29, 0.717) is 22.4 Å². The Morgan fingerprint density at radius 1 is 1.06 bits per heavy atom. The molecule has 0 heterocycles. The van der Waals surface area contributed by atoms with Crippen LogP contribution in [0.15, 0.2) is 18.2 Å². The Hall–Kier alpha value is -0.240. The van der Waals surface area contributed by atoms with Crippen molar-refractivity contribution in [2.75, 3.05) is 0 Å². The zero-order valence-corrected chi connectivity index (χ0v) is 12.1. The van der Waals surface area contributed by atoms with Gasteiger partial charge in [-0.05, 0) is 42.9 Å². The van der Waals surface area contributed by atoms with Crippen LogP contribution >= 0.6 is 23.2 Å². The topological polar surface area (TPSA) is 20.2 Å². The number of hydrogen-bond donors (Lipinski definition) is 1. The Balaban J connectivity index is 1.96. The average Bonchev–Trinajstić information content (AvgIpc) is 2.62. The van der Waals surface area contributed by atoms with Crippen LogP contribution in [-0.4, -0.2) is 11.2 Å². The van der Waals surface area contributed by atoms with E-state index in [9.17, 15) is 5.11 Å². The second-order valence-electron chi connectivity index (χ2n) is 5.27. The van der Waals surface area contributed by atoms with Crippen molar-refractivity contribution in [3.8, 4) is 0 Å². The van der Waals surface area contributed by atoms with Gasteiger partial charge in [-0.2, -0.15) is 0 Å². The van der Waals surface area contributed by atoms with Crippen molar-refractivity contribution >= 4 is 23.2 Å². The summed E-state index contributed by atoms with van der Waals surface area (Å²) < 4.78 is 0. The molecular formula is C15H20Cl2O. The molecule has 1 saturated carbocycles. The molecule has 1 aromatic carbocycles. The van der Waals surface area contributed by atoms with E-state index in [1.807, 2.05) is 12.1 Å². The van der Waals surface area contributed by atoms with Crippen molar-refractivity contribution in [2.45, 2.75) is 51.0 Å². The fraction of sp³-hybridized carbons (Fsp3) is 0.600. The van der Waals surface area contributed by atoms with Gasteiger partial charge in [0.25, 0.3) is 0 Å². The standard InChI is InChI=1S/C15H20Cl2O/c16-13-8-7-11(9-14(13)17)10-15(18)12-5-3-1-2-4-6-12/h7-9,12,15,18H,1-6,10H2. The largest absolute Gasteiger partial charge is 0.392 e. The third kappa shape index (κ3) is 3.88. The first-order chi connectivity index (χ1) is 8.66. The van der Waals surface area contributed by atoms with Crippen molar-refractivity contribution < 1.29 is 5.11 Å². The Bertz CT molecular complexity index is 384. The van der Waals surface area contributed by atoms with Crippen LogP contribution in [0.4, 0.5) is 0 Å². The molecule has 1 fully saturated rings. The predicted molar refractivity (Wildman–Crippen MR) is 77.4 cm³/mol. The van der Waals surface area contributed by atoms with Gasteiger partial charge in [0.05, 0.1) is 16.1 Å². The smallest absolute Gasteiger partial charge is 0.0608 e. The van der Waals surface area contributed by atoms with Crippen molar-refractivity contribution in [3.63, 3.8) is 0 Å². The highest BCUT2D eigenvalue weighted by Gasteiger charge is 2.21. The van der Waals surface area contributed by atoms with Crippen LogP contribution in [0.25, 0.3) is 0 Å². The molecule has 1 aliphatic rings. The average molecular weight is 287 g/mol. The Morgan fingerprint density at radius 3 is 2.33 bits per heavy atom. The molecule has 0 radical (unpaired) electrons. The highest BCUT2D eigenvalue weighted by atomic mass is 35.5. The van der Waals surface area contributed by atoms with E-state index < -0.39 is 0 Å². The molecule has 18 heavy (non-hydrogen) atoms. The molecule has 100 valence electrons. The summed E-state index contributed by atoms with van der Waals surface area (Å²) in [7, 11) is 0. The molecule has 0 spiro atoms. The van der Waals surface area contributed by atoms with Crippen LogP contribution in [0, 0.1) is 5.92 Å². The quantitative estimate of drug-likeness (QED) is 0.786. The van der Waals surface area contributed by atoms with E-state index in [4.69, 9.17) is 23.2 Å². The number of aliphatic hydroxyl groups excluding tert-OH is 1. The van der Waals surface area contributed by atoms with Gasteiger partial charge >= 0.3 is 0 Å². The Morgan fingerprint density at radius 2 is 1.72 bits per heavy atom. The molecule has 1 unspecified atom stereocenters. The molecule has 2 rings (SSSR count). The molecule has 0 amide bonds. The van der Waals surface area contributed by atoms with Gasteiger partial charge in [-0.15, -0.1) is 0 Å². The van der Waals surface area contributed by atoms with Crippen LogP contribution in [0.2, 0.25) is 10.0 Å². The molecule has 3 heteroatoms. The lowest BCUT2D eigenvalue weighted by Gasteiger charge is -2.21. The summed E-state index contributed by atoms with van der Waals surface area (Å²) in [6, 6.07) is 5.62. The number of rotatable bonds is 3. The lowest BCUT2D eigenvalue weighted by molar-refractivity contribution is 0.0986. The van der Waals surface area contributed by atoms with Gasteiger partial charge in [-0.25, -0.2) is 0 Å². The van der Waals surface area contributed by atoms with Gasteiger partial charge in [0.15, 0.2) is 0 Å². The van der Waals surface area contributed by atoms with Crippen LogP contribution in [-0.2, 0) is 6.42 Å². The summed E-state index contributed by atoms with van der Waals surface area (Å²) in [6.45, 7) is 0. The fourth-order valence-corrected chi connectivity index (χ4v) is 3.09. The molecule has 0 saturated heterocycles. The van der Waals surface area contributed by atoms with E-state index in [1.54, 1.807) is 6.07 Å². The first-order valence-corrected chi connectivity index (χ1v) is 7.54. The molecule has 1 N–H and O–H groups in total. The van der Waals surface area contributed by atoms with Gasteiger partial charge < -0.3 is 5.11 Å². The molecule has 0 aromatic heterocycles. The van der Waals surface area contributed by atoms with Crippen molar-refractivity contribution in [1.82, 2.24) is 0 Å². The first kappa shape index (κ1) is 14.2. The summed E-state index contributed by atoms with van der Waals surface area (Å²) in [5.74, 6) is 0.446. The summed E-state index contributed by atoms with van der Waals surface area (Å²) in [5.41, 5.74) is 1.07. The Labute approximate surface area is 119 Å². The molecule has 0 bridgehead atoms. The summed E-state index contributed by atoms with van der Waals surface area (Å²) >= 11 is 11.9. The molecule has 1 aliphatic carbocycles. The molecule has 1 aromatic rings. The normalized spacial score (nSPS) is 19.5. The lowest BCUT2D eigenvalue weighted by atomic mass is 9.90. The third-order valence-electron chi connectivity index (χ3n) is 3.87. The molecular weight excluding hydrogens is 267 g/mol. The second kappa shape index (κ2) is 6.79. The monoisotopic (exact) mass is 286 g/mol. The molecule has 0 aliphatic heterocycles. The fourth-order valence-electron chi connectivity index (χ4n) is 2.77. The van der Waals surface area contributed by atoms with Gasteiger partial charge in [0.2, 0.25) is 0 Å². The van der Waals surface area contributed by atoms with Gasteiger partial charge in [0, 0.05) is 0 Å². The molecule has 1 atom stereocenters. The van der Waals surface area contributed by atoms with E-state index in [-0.39, 0.29) is 6.10 Å². The minimum absolute atomic E-state index is 0.250. The maximum absolute atomic E-state index is 10.3. The second-order valence-corrected chi connectivity index (χ2v) is 6.09. The number of hydrogen-bond acceptors (Lipinski definition) is 1. The maximum Gasteiger partial charge on any atom is 0.0608 e. The minimum Gasteiger partial charge on any atom is -0.392 e. The number of aliphatic hydroxyl groups is 1. The van der Waals surface area contributed by atoms with Crippen molar-refractivity contribution in [1.29, 1.82) is 0 Å². The summed E-state index contributed by atoms with van der Waals surface area (Å²) in [5, 5.41) is 11.5. The zero-order valence-electron chi connectivity index (χ0n) is 10.5. The molecule has 1 nitrogen and oxygen atoms in total. The van der Waals surface area contributed by atoms with Gasteiger partial charge in [-0.3, -0.25) is 0 Å².